The van der Waals surface area contributed by atoms with Gasteiger partial charge < -0.3 is 15.3 Å². The minimum absolute atomic E-state index is 0.0214. The summed E-state index contributed by atoms with van der Waals surface area (Å²) >= 11 is 0. The second kappa shape index (κ2) is 7.34. The predicted molar refractivity (Wildman–Crippen MR) is 98.5 cm³/mol. The molecule has 5 nitrogen and oxygen atoms in total. The molecule has 0 radical (unpaired) electrons. The number of rotatable bonds is 5. The van der Waals surface area contributed by atoms with E-state index in [2.05, 4.69) is 27.2 Å². The first-order valence-electron chi connectivity index (χ1n) is 9.70. The first-order chi connectivity index (χ1) is 12.2. The first kappa shape index (κ1) is 16.9. The molecule has 3 fully saturated rings. The topological polar surface area (TPSA) is 55.8 Å². The molecule has 2 N–H and O–H groups in total. The highest BCUT2D eigenvalue weighted by atomic mass is 16.3. The van der Waals surface area contributed by atoms with Gasteiger partial charge >= 0.3 is 0 Å². The fraction of sp³-hybridized carbons (Fsp3) is 0.650. The molecule has 2 heterocycles. The number of para-hydroxylation sites is 1. The molecule has 1 aromatic carbocycles. The first-order valence-corrected chi connectivity index (χ1v) is 9.70. The highest BCUT2D eigenvalue weighted by Crippen LogP contribution is 2.28. The summed E-state index contributed by atoms with van der Waals surface area (Å²) in [5.74, 6) is 0.928. The van der Waals surface area contributed by atoms with Gasteiger partial charge in [0.15, 0.2) is 0 Å². The van der Waals surface area contributed by atoms with Crippen molar-refractivity contribution >= 4 is 11.6 Å². The Morgan fingerprint density at radius 3 is 2.64 bits per heavy atom. The van der Waals surface area contributed by atoms with Crippen LogP contribution >= 0.6 is 0 Å². The van der Waals surface area contributed by atoms with Crippen LogP contribution < -0.4 is 10.2 Å². The van der Waals surface area contributed by atoms with Crippen LogP contribution in [0.15, 0.2) is 30.3 Å². The normalized spacial score (nSPS) is 30.4. The summed E-state index contributed by atoms with van der Waals surface area (Å²) in [7, 11) is 0. The minimum atomic E-state index is -0.435. The standard InChI is InChI=1S/C20H29N3O2/c24-19-14-22(11-15-5-4-6-15)13-18(19)21-20(25)16-9-10-23(12-16)17-7-2-1-3-8-17/h1-3,7-8,15-16,18-19,24H,4-6,9-14H2,(H,21,25)/t16?,18-,19-/m1/s1. The number of anilines is 1. The van der Waals surface area contributed by atoms with Gasteiger partial charge in [-0.2, -0.15) is 0 Å². The van der Waals surface area contributed by atoms with Crippen molar-refractivity contribution in [2.45, 2.75) is 37.8 Å². The van der Waals surface area contributed by atoms with Gasteiger partial charge in [-0.25, -0.2) is 0 Å². The molecule has 2 saturated heterocycles. The number of β-amino-alcohol motifs (C(OH)–C–C–N with tert-alkyl or cyclic N) is 1. The fourth-order valence-corrected chi connectivity index (χ4v) is 4.35. The zero-order chi connectivity index (χ0) is 17.2. The molecule has 25 heavy (non-hydrogen) atoms. The number of benzene rings is 1. The van der Waals surface area contributed by atoms with Crippen molar-refractivity contribution in [3.05, 3.63) is 30.3 Å². The average molecular weight is 343 g/mol. The van der Waals surface area contributed by atoms with Gasteiger partial charge in [-0.15, -0.1) is 0 Å². The van der Waals surface area contributed by atoms with Gasteiger partial charge in [0.05, 0.1) is 18.1 Å². The summed E-state index contributed by atoms with van der Waals surface area (Å²) < 4.78 is 0. The molecule has 1 amide bonds. The maximum Gasteiger partial charge on any atom is 0.225 e. The smallest absolute Gasteiger partial charge is 0.225 e. The average Bonchev–Trinajstić information content (AvgIpc) is 3.20. The van der Waals surface area contributed by atoms with E-state index in [0.717, 1.165) is 38.5 Å². The second-order valence-corrected chi connectivity index (χ2v) is 7.97. The van der Waals surface area contributed by atoms with Crippen LogP contribution in [0.2, 0.25) is 0 Å². The monoisotopic (exact) mass is 343 g/mol. The molecular weight excluding hydrogens is 314 g/mol. The van der Waals surface area contributed by atoms with Crippen LogP contribution in [0.4, 0.5) is 5.69 Å². The quantitative estimate of drug-likeness (QED) is 0.850. The molecule has 1 aromatic rings. The van der Waals surface area contributed by atoms with Crippen molar-refractivity contribution in [3.63, 3.8) is 0 Å². The number of hydrogen-bond acceptors (Lipinski definition) is 4. The summed E-state index contributed by atoms with van der Waals surface area (Å²) in [6.45, 7) is 4.25. The molecule has 0 aromatic heterocycles. The predicted octanol–water partition coefficient (Wildman–Crippen LogP) is 1.47. The Balaban J connectivity index is 1.27. The van der Waals surface area contributed by atoms with Crippen LogP contribution in [0.25, 0.3) is 0 Å². The highest BCUT2D eigenvalue weighted by molar-refractivity contribution is 5.80. The van der Waals surface area contributed by atoms with Crippen molar-refractivity contribution < 1.29 is 9.90 Å². The molecule has 1 saturated carbocycles. The number of hydrogen-bond donors (Lipinski definition) is 2. The third kappa shape index (κ3) is 3.82. The molecular formula is C20H29N3O2. The maximum atomic E-state index is 12.7. The lowest BCUT2D eigenvalue weighted by Gasteiger charge is -2.29. The molecule has 3 atom stereocenters. The van der Waals surface area contributed by atoms with E-state index in [1.165, 1.54) is 24.9 Å². The Labute approximate surface area is 150 Å². The van der Waals surface area contributed by atoms with Gasteiger partial charge in [-0.3, -0.25) is 9.69 Å². The highest BCUT2D eigenvalue weighted by Gasteiger charge is 2.36. The van der Waals surface area contributed by atoms with Crippen molar-refractivity contribution in [2.24, 2.45) is 11.8 Å². The van der Waals surface area contributed by atoms with E-state index in [0.29, 0.717) is 6.54 Å². The van der Waals surface area contributed by atoms with E-state index in [-0.39, 0.29) is 17.9 Å². The number of nitrogens with zero attached hydrogens (tertiary/aromatic N) is 2. The minimum Gasteiger partial charge on any atom is -0.390 e. The summed E-state index contributed by atoms with van der Waals surface area (Å²) in [5.41, 5.74) is 1.19. The van der Waals surface area contributed by atoms with E-state index in [1.54, 1.807) is 0 Å². The Morgan fingerprint density at radius 1 is 1.12 bits per heavy atom. The second-order valence-electron chi connectivity index (χ2n) is 7.97. The van der Waals surface area contributed by atoms with Crippen LogP contribution in [0.3, 0.4) is 0 Å². The molecule has 4 rings (SSSR count). The van der Waals surface area contributed by atoms with E-state index >= 15 is 0 Å². The van der Waals surface area contributed by atoms with Crippen molar-refractivity contribution in [1.82, 2.24) is 10.2 Å². The molecule has 2 aliphatic heterocycles. The Bertz CT molecular complexity index is 590. The van der Waals surface area contributed by atoms with Crippen molar-refractivity contribution in [1.29, 1.82) is 0 Å². The largest absolute Gasteiger partial charge is 0.390 e. The maximum absolute atomic E-state index is 12.7. The van der Waals surface area contributed by atoms with Gasteiger partial charge in [0.1, 0.15) is 0 Å². The third-order valence-electron chi connectivity index (χ3n) is 6.11. The summed E-state index contributed by atoms with van der Waals surface area (Å²) in [5, 5.41) is 13.4. The van der Waals surface area contributed by atoms with Crippen LogP contribution in [0, 0.1) is 11.8 Å². The number of nitrogens with one attached hydrogen (secondary N) is 1. The zero-order valence-corrected chi connectivity index (χ0v) is 14.8. The summed E-state index contributed by atoms with van der Waals surface area (Å²) in [6.07, 6.45) is 4.44. The number of carbonyl (C=O) groups is 1. The van der Waals surface area contributed by atoms with E-state index in [1.807, 2.05) is 18.2 Å². The number of aliphatic hydroxyl groups excluding tert-OH is 1. The van der Waals surface area contributed by atoms with Crippen LogP contribution in [0.1, 0.15) is 25.7 Å². The number of aliphatic hydroxyl groups is 1. The van der Waals surface area contributed by atoms with Crippen LogP contribution in [-0.2, 0) is 4.79 Å². The van der Waals surface area contributed by atoms with E-state index in [9.17, 15) is 9.90 Å². The zero-order valence-electron chi connectivity index (χ0n) is 14.8. The summed E-state index contributed by atoms with van der Waals surface area (Å²) in [4.78, 5) is 17.3. The lowest BCUT2D eigenvalue weighted by atomic mass is 9.85. The third-order valence-corrected chi connectivity index (χ3v) is 6.11. The van der Waals surface area contributed by atoms with Crippen LogP contribution in [-0.4, -0.2) is 60.8 Å². The number of likely N-dealkylation sites (tertiary alicyclic amines) is 1. The van der Waals surface area contributed by atoms with E-state index < -0.39 is 6.10 Å². The van der Waals surface area contributed by atoms with Gasteiger partial charge in [-0.1, -0.05) is 24.6 Å². The molecule has 5 heteroatoms. The van der Waals surface area contributed by atoms with Crippen molar-refractivity contribution in [2.75, 3.05) is 37.6 Å². The molecule has 1 unspecified atom stereocenters. The molecule has 0 spiro atoms. The van der Waals surface area contributed by atoms with Gasteiger partial charge in [0, 0.05) is 38.4 Å². The van der Waals surface area contributed by atoms with Gasteiger partial charge in [0.25, 0.3) is 0 Å². The molecule has 3 aliphatic rings. The fourth-order valence-electron chi connectivity index (χ4n) is 4.35. The lowest BCUT2D eigenvalue weighted by Crippen LogP contribution is -2.46. The number of carbonyl (C=O) groups excluding carboxylic acids is 1. The lowest BCUT2D eigenvalue weighted by molar-refractivity contribution is -0.125. The Kier molecular flexibility index (Phi) is 4.95. The van der Waals surface area contributed by atoms with Crippen molar-refractivity contribution in [3.8, 4) is 0 Å². The molecule has 136 valence electrons. The number of amides is 1. The van der Waals surface area contributed by atoms with Gasteiger partial charge in [-0.05, 0) is 37.3 Å². The molecule has 0 bridgehead atoms. The molecule has 1 aliphatic carbocycles. The Morgan fingerprint density at radius 2 is 1.92 bits per heavy atom. The van der Waals surface area contributed by atoms with Crippen LogP contribution in [0.5, 0.6) is 0 Å². The van der Waals surface area contributed by atoms with Gasteiger partial charge in [0.2, 0.25) is 5.91 Å². The SMILES string of the molecule is O=C(N[C@@H]1CN(CC2CCC2)C[C@H]1O)C1CCN(c2ccccc2)C1. The Hall–Kier alpha value is -1.59. The summed E-state index contributed by atoms with van der Waals surface area (Å²) in [6, 6.07) is 10.2. The van der Waals surface area contributed by atoms with E-state index in [4.69, 9.17) is 0 Å².